The van der Waals surface area contributed by atoms with Gasteiger partial charge < -0.3 is 19.4 Å². The van der Waals surface area contributed by atoms with Gasteiger partial charge in [-0.3, -0.25) is 9.59 Å². The molecule has 0 unspecified atom stereocenters. The van der Waals surface area contributed by atoms with E-state index in [2.05, 4.69) is 15.5 Å². The van der Waals surface area contributed by atoms with Gasteiger partial charge in [-0.25, -0.2) is 0 Å². The second-order valence-electron chi connectivity index (χ2n) is 7.47. The Bertz CT molecular complexity index is 1100. The number of carbonyl (C=O) groups is 2. The van der Waals surface area contributed by atoms with Gasteiger partial charge in [-0.15, -0.1) is 10.2 Å². The van der Waals surface area contributed by atoms with Gasteiger partial charge in [-0.05, 0) is 31.0 Å². The van der Waals surface area contributed by atoms with Gasteiger partial charge in [-0.2, -0.15) is 0 Å². The quantitative estimate of drug-likeness (QED) is 0.525. The molecule has 0 spiro atoms. The number of ether oxygens (including phenoxy) is 2. The molecule has 2 atom stereocenters. The van der Waals surface area contributed by atoms with Gasteiger partial charge in [0, 0.05) is 7.05 Å². The molecule has 2 heterocycles. The molecule has 9 heteroatoms. The molecule has 1 N–H and O–H groups in total. The van der Waals surface area contributed by atoms with E-state index in [1.807, 2.05) is 61.6 Å². The Morgan fingerprint density at radius 3 is 2.59 bits per heavy atom. The summed E-state index contributed by atoms with van der Waals surface area (Å²) < 4.78 is 13.6. The van der Waals surface area contributed by atoms with Crippen molar-refractivity contribution in [2.24, 2.45) is 7.05 Å². The number of fused-ring (bicyclic) bond motifs is 1. The molecule has 1 amide bonds. The number of rotatable bonds is 8. The molecule has 0 fully saturated rings. The maximum Gasteiger partial charge on any atom is 0.231 e. The largest absolute Gasteiger partial charge is 0.485 e. The molecule has 0 saturated carbocycles. The van der Waals surface area contributed by atoms with E-state index in [4.69, 9.17) is 9.47 Å². The van der Waals surface area contributed by atoms with Crippen molar-refractivity contribution in [1.29, 1.82) is 0 Å². The molecule has 32 heavy (non-hydrogen) atoms. The van der Waals surface area contributed by atoms with Crippen molar-refractivity contribution in [1.82, 2.24) is 20.1 Å². The van der Waals surface area contributed by atoms with Crippen LogP contribution in [0.15, 0.2) is 59.8 Å². The molecule has 1 aromatic heterocycles. The zero-order valence-corrected chi connectivity index (χ0v) is 18.7. The van der Waals surface area contributed by atoms with Gasteiger partial charge in [0.15, 0.2) is 34.4 Å². The van der Waals surface area contributed by atoms with Crippen molar-refractivity contribution in [2.75, 3.05) is 12.4 Å². The third kappa shape index (κ3) is 5.11. The number of hydrogen-bond acceptors (Lipinski definition) is 7. The van der Waals surface area contributed by atoms with Crippen LogP contribution in [0.4, 0.5) is 0 Å². The highest BCUT2D eigenvalue weighted by atomic mass is 32.2. The number of Topliss-reactive ketones (excluding diaryl/α,β-unsaturated/α-hetero) is 1. The minimum atomic E-state index is -0.562. The highest BCUT2D eigenvalue weighted by Crippen LogP contribution is 2.35. The summed E-state index contributed by atoms with van der Waals surface area (Å²) in [6.45, 7) is 1.81. The van der Waals surface area contributed by atoms with Gasteiger partial charge in [0.2, 0.25) is 5.91 Å². The Morgan fingerprint density at radius 2 is 1.84 bits per heavy atom. The number of hydrogen-bond donors (Lipinski definition) is 1. The monoisotopic (exact) mass is 452 g/mol. The summed E-state index contributed by atoms with van der Waals surface area (Å²) in [6.07, 6.45) is 0.0693. The van der Waals surface area contributed by atoms with E-state index in [0.29, 0.717) is 35.5 Å². The summed E-state index contributed by atoms with van der Waals surface area (Å²) in [6, 6.07) is 16.5. The van der Waals surface area contributed by atoms with Crippen molar-refractivity contribution in [3.8, 4) is 11.5 Å². The van der Waals surface area contributed by atoms with Crippen molar-refractivity contribution < 1.29 is 19.1 Å². The second kappa shape index (κ2) is 9.86. The average molecular weight is 453 g/mol. The zero-order valence-electron chi connectivity index (χ0n) is 17.9. The van der Waals surface area contributed by atoms with Gasteiger partial charge in [0.25, 0.3) is 0 Å². The van der Waals surface area contributed by atoms with Crippen LogP contribution in [0.2, 0.25) is 0 Å². The first-order valence-electron chi connectivity index (χ1n) is 10.3. The molecule has 0 aliphatic carbocycles. The first-order chi connectivity index (χ1) is 15.5. The Balaban J connectivity index is 1.34. The molecule has 166 valence electrons. The molecule has 0 bridgehead atoms. The summed E-state index contributed by atoms with van der Waals surface area (Å²) in [4.78, 5) is 24.5. The number of aromatic nitrogens is 3. The lowest BCUT2D eigenvalue weighted by atomic mass is 10.0. The van der Waals surface area contributed by atoms with Crippen LogP contribution in [0.25, 0.3) is 0 Å². The van der Waals surface area contributed by atoms with Crippen LogP contribution >= 0.6 is 11.8 Å². The minimum absolute atomic E-state index is 0.0807. The molecule has 4 rings (SSSR count). The van der Waals surface area contributed by atoms with Crippen molar-refractivity contribution >= 4 is 23.5 Å². The summed E-state index contributed by atoms with van der Waals surface area (Å²) in [7, 11) is 1.83. The first kappa shape index (κ1) is 21.9. The molecule has 0 radical (unpaired) electrons. The van der Waals surface area contributed by atoms with Crippen LogP contribution < -0.4 is 14.8 Å². The fraction of sp³-hybridized carbons (Fsp3) is 0.304. The van der Waals surface area contributed by atoms with E-state index < -0.39 is 12.1 Å². The third-order valence-corrected chi connectivity index (χ3v) is 6.13. The van der Waals surface area contributed by atoms with E-state index in [-0.39, 0.29) is 17.4 Å². The Kier molecular flexibility index (Phi) is 6.75. The van der Waals surface area contributed by atoms with Gasteiger partial charge in [0.05, 0.1) is 11.8 Å². The summed E-state index contributed by atoms with van der Waals surface area (Å²) >= 11 is 1.26. The van der Waals surface area contributed by atoms with Crippen LogP contribution in [0.1, 0.15) is 24.4 Å². The molecule has 2 aromatic carbocycles. The van der Waals surface area contributed by atoms with E-state index in [1.54, 1.807) is 4.57 Å². The molecule has 3 aromatic rings. The molecule has 8 nitrogen and oxygen atoms in total. The lowest BCUT2D eigenvalue weighted by Crippen LogP contribution is -2.42. The predicted molar refractivity (Wildman–Crippen MR) is 120 cm³/mol. The smallest absolute Gasteiger partial charge is 0.231 e. The van der Waals surface area contributed by atoms with Crippen molar-refractivity contribution in [2.45, 2.75) is 30.6 Å². The van der Waals surface area contributed by atoms with Crippen LogP contribution in [0.5, 0.6) is 11.5 Å². The maximum absolute atomic E-state index is 12.5. The highest BCUT2D eigenvalue weighted by Gasteiger charge is 2.27. The van der Waals surface area contributed by atoms with Crippen LogP contribution in [-0.4, -0.2) is 44.9 Å². The Hall–Kier alpha value is -3.33. The van der Waals surface area contributed by atoms with Crippen molar-refractivity contribution in [3.63, 3.8) is 0 Å². The lowest BCUT2D eigenvalue weighted by molar-refractivity contribution is -0.125. The van der Waals surface area contributed by atoms with E-state index >= 15 is 0 Å². The number of nitrogens with one attached hydrogen (secondary N) is 1. The number of carbonyl (C=O) groups excluding carboxylic acids is 2. The number of benzene rings is 2. The van der Waals surface area contributed by atoms with Crippen molar-refractivity contribution in [3.05, 3.63) is 66.0 Å². The van der Waals surface area contributed by atoms with E-state index in [1.165, 1.54) is 18.7 Å². The predicted octanol–water partition coefficient (Wildman–Crippen LogP) is 2.74. The first-order valence-corrected chi connectivity index (χ1v) is 11.2. The van der Waals surface area contributed by atoms with Gasteiger partial charge >= 0.3 is 0 Å². The molecular weight excluding hydrogens is 428 g/mol. The average Bonchev–Trinajstić information content (AvgIpc) is 3.17. The highest BCUT2D eigenvalue weighted by molar-refractivity contribution is 7.99. The fourth-order valence-electron chi connectivity index (χ4n) is 3.39. The number of para-hydroxylation sites is 2. The normalized spacial score (nSPS) is 15.8. The number of thioether (sulfide) groups is 1. The third-order valence-electron chi connectivity index (χ3n) is 5.11. The van der Waals surface area contributed by atoms with Crippen LogP contribution in [0.3, 0.4) is 0 Å². The fourth-order valence-corrected chi connectivity index (χ4v) is 4.12. The summed E-state index contributed by atoms with van der Waals surface area (Å²) in [5, 5.41) is 11.8. The lowest BCUT2D eigenvalue weighted by Gasteiger charge is -2.25. The minimum Gasteiger partial charge on any atom is -0.485 e. The number of nitrogens with zero attached hydrogens (tertiary/aromatic N) is 3. The standard InChI is InChI=1S/C23H24N4O4S/c1-15(28)17(12-16-8-4-3-5-9-16)24-21(29)14-32-23-26-25-22(27(23)2)20-13-30-18-10-6-7-11-19(18)31-20/h3-11,17,20H,12-14H2,1-2H3,(H,24,29)/t17-,20+/m1/s1. The van der Waals surface area contributed by atoms with Crippen LogP contribution in [0, 0.1) is 0 Å². The second-order valence-corrected chi connectivity index (χ2v) is 8.42. The van der Waals surface area contributed by atoms with E-state index in [0.717, 1.165) is 5.56 Å². The molecule has 1 aliphatic rings. The molecular formula is C23H24N4O4S. The van der Waals surface area contributed by atoms with E-state index in [9.17, 15) is 9.59 Å². The Morgan fingerprint density at radius 1 is 1.12 bits per heavy atom. The van der Waals surface area contributed by atoms with Gasteiger partial charge in [0.1, 0.15) is 6.61 Å². The Labute approximate surface area is 190 Å². The number of amides is 1. The molecule has 1 aliphatic heterocycles. The summed E-state index contributed by atoms with van der Waals surface area (Å²) in [5.74, 6) is 1.79. The van der Waals surface area contributed by atoms with Gasteiger partial charge in [-0.1, -0.05) is 54.2 Å². The topological polar surface area (TPSA) is 95.3 Å². The SMILES string of the molecule is CC(=O)[C@@H](Cc1ccccc1)NC(=O)CSc1nnc([C@@H]2COc3ccccc3O2)n1C. The number of ketones is 1. The van der Waals surface area contributed by atoms with Crippen LogP contribution in [-0.2, 0) is 23.1 Å². The summed E-state index contributed by atoms with van der Waals surface area (Å²) in [5.41, 5.74) is 0.995. The maximum atomic E-state index is 12.5. The molecule has 0 saturated heterocycles. The zero-order chi connectivity index (χ0) is 22.5.